The molecule has 0 saturated carbocycles. The Bertz CT molecular complexity index is 771. The fourth-order valence-corrected chi connectivity index (χ4v) is 3.48. The number of carbonyl (C=O) groups excluding carboxylic acids is 2. The van der Waals surface area contributed by atoms with Crippen molar-refractivity contribution in [3.8, 4) is 0 Å². The monoisotopic (exact) mass is 434 g/mol. The Labute approximate surface area is 158 Å². The molecule has 2 amide bonds. The van der Waals surface area contributed by atoms with Gasteiger partial charge in [-0.05, 0) is 17.8 Å². The number of hydrogen-bond acceptors (Lipinski definition) is 5. The van der Waals surface area contributed by atoms with Crippen LogP contribution in [0.5, 0.6) is 0 Å². The number of aliphatic hydroxyl groups is 1. The number of imide groups is 1. The van der Waals surface area contributed by atoms with E-state index in [1.807, 2.05) is 0 Å². The Morgan fingerprint density at radius 3 is 2.40 bits per heavy atom. The molecule has 0 aromatic heterocycles. The number of nitrogens with zero attached hydrogens (tertiary/aromatic N) is 1. The summed E-state index contributed by atoms with van der Waals surface area (Å²) in [6.45, 7) is -0.627. The van der Waals surface area contributed by atoms with Crippen LogP contribution in [0.1, 0.15) is 0 Å². The summed E-state index contributed by atoms with van der Waals surface area (Å²) in [5.41, 5.74) is -4.90. The first-order valence-electron chi connectivity index (χ1n) is 6.43. The number of halogens is 6. The van der Waals surface area contributed by atoms with Gasteiger partial charge in [0.15, 0.2) is 0 Å². The van der Waals surface area contributed by atoms with E-state index in [2.05, 4.69) is 5.32 Å². The third-order valence-corrected chi connectivity index (χ3v) is 4.99. The van der Waals surface area contributed by atoms with E-state index in [0.29, 0.717) is 0 Å². The molecule has 1 heterocycles. The van der Waals surface area contributed by atoms with E-state index in [-0.39, 0.29) is 28.0 Å². The van der Waals surface area contributed by atoms with Crippen molar-refractivity contribution < 1.29 is 27.9 Å². The van der Waals surface area contributed by atoms with Crippen molar-refractivity contribution in [2.45, 2.75) is 10.4 Å². The second kappa shape index (κ2) is 7.63. The van der Waals surface area contributed by atoms with Gasteiger partial charge in [-0.15, -0.1) is 0 Å². The van der Waals surface area contributed by atoms with Gasteiger partial charge in [0, 0.05) is 11.0 Å². The third-order valence-electron chi connectivity index (χ3n) is 2.94. The minimum absolute atomic E-state index is 0.113. The number of β-amino-alcohol motifs (C(OH)–C–C–N with tert-alkyl or cyclic N) is 1. The standard InChI is InChI=1S/C13H8Cl3F3N2O3S/c14-5-3-7(25-13(17,18)19)9(15)10(16)11(5)20-6-4-8(23)21(1-2-22)12(6)24/h3-4,20,22H,1-2H2. The molecule has 0 bridgehead atoms. The number of amides is 2. The molecule has 12 heteroatoms. The molecule has 2 rings (SSSR count). The molecular formula is C13H8Cl3F3N2O3S. The number of rotatable bonds is 5. The van der Waals surface area contributed by atoms with Crippen LogP contribution >= 0.6 is 46.6 Å². The van der Waals surface area contributed by atoms with Gasteiger partial charge in [0.05, 0.1) is 33.9 Å². The maximum absolute atomic E-state index is 12.5. The Morgan fingerprint density at radius 1 is 1.20 bits per heavy atom. The maximum atomic E-state index is 12.5. The van der Waals surface area contributed by atoms with Crippen LogP contribution < -0.4 is 5.32 Å². The van der Waals surface area contributed by atoms with Crippen LogP contribution in [0.25, 0.3) is 0 Å². The third kappa shape index (κ3) is 4.53. The Morgan fingerprint density at radius 2 is 1.84 bits per heavy atom. The van der Waals surface area contributed by atoms with E-state index in [1.54, 1.807) is 0 Å². The minimum atomic E-state index is -4.59. The minimum Gasteiger partial charge on any atom is -0.395 e. The van der Waals surface area contributed by atoms with E-state index in [9.17, 15) is 22.8 Å². The molecule has 1 aliphatic heterocycles. The van der Waals surface area contributed by atoms with E-state index in [4.69, 9.17) is 39.9 Å². The molecule has 1 aromatic carbocycles. The van der Waals surface area contributed by atoms with E-state index < -0.39 is 45.6 Å². The molecule has 1 aliphatic rings. The molecule has 136 valence electrons. The van der Waals surface area contributed by atoms with Gasteiger partial charge in [0.2, 0.25) is 0 Å². The first kappa shape index (κ1) is 20.2. The van der Waals surface area contributed by atoms with Crippen molar-refractivity contribution in [2.24, 2.45) is 0 Å². The molecule has 0 spiro atoms. The average molecular weight is 436 g/mol. The SMILES string of the molecule is O=C1C=C(Nc2c(Cl)cc(SC(F)(F)F)c(Cl)c2Cl)C(=O)N1CCO. The number of nitrogens with one attached hydrogen (secondary N) is 1. The summed E-state index contributed by atoms with van der Waals surface area (Å²) < 4.78 is 37.5. The number of aliphatic hydroxyl groups excluding tert-OH is 1. The largest absolute Gasteiger partial charge is 0.446 e. The summed E-state index contributed by atoms with van der Waals surface area (Å²) in [6, 6.07) is 0.948. The predicted octanol–water partition coefficient (Wildman–Crippen LogP) is 3.92. The maximum Gasteiger partial charge on any atom is 0.446 e. The summed E-state index contributed by atoms with van der Waals surface area (Å²) in [5, 5.41) is 10.4. The highest BCUT2D eigenvalue weighted by atomic mass is 35.5. The predicted molar refractivity (Wildman–Crippen MR) is 88.9 cm³/mol. The fourth-order valence-electron chi connectivity index (χ4n) is 1.93. The van der Waals surface area contributed by atoms with Crippen LogP contribution in [0, 0.1) is 0 Å². The fraction of sp³-hybridized carbons (Fsp3) is 0.231. The topological polar surface area (TPSA) is 69.6 Å². The van der Waals surface area contributed by atoms with Crippen molar-refractivity contribution in [2.75, 3.05) is 18.5 Å². The zero-order chi connectivity index (χ0) is 18.9. The van der Waals surface area contributed by atoms with Crippen LogP contribution in [-0.4, -0.2) is 40.5 Å². The Balaban J connectivity index is 2.33. The van der Waals surface area contributed by atoms with Gasteiger partial charge in [-0.3, -0.25) is 14.5 Å². The lowest BCUT2D eigenvalue weighted by Crippen LogP contribution is -2.34. The number of thioether (sulfide) groups is 1. The molecule has 5 nitrogen and oxygen atoms in total. The Kier molecular flexibility index (Phi) is 6.16. The van der Waals surface area contributed by atoms with Crippen LogP contribution in [-0.2, 0) is 9.59 Å². The van der Waals surface area contributed by atoms with Crippen molar-refractivity contribution in [3.63, 3.8) is 0 Å². The second-order valence-electron chi connectivity index (χ2n) is 4.61. The van der Waals surface area contributed by atoms with E-state index in [0.717, 1.165) is 17.0 Å². The first-order chi connectivity index (χ1) is 11.5. The first-order valence-corrected chi connectivity index (χ1v) is 8.39. The van der Waals surface area contributed by atoms with Crippen molar-refractivity contribution >= 4 is 64.1 Å². The van der Waals surface area contributed by atoms with Crippen LogP contribution in [0.4, 0.5) is 18.9 Å². The van der Waals surface area contributed by atoms with Gasteiger partial charge >= 0.3 is 5.51 Å². The molecule has 1 aromatic rings. The number of alkyl halides is 3. The quantitative estimate of drug-likeness (QED) is 0.417. The van der Waals surface area contributed by atoms with Crippen molar-refractivity contribution in [1.29, 1.82) is 0 Å². The molecule has 0 saturated heterocycles. The summed E-state index contributed by atoms with van der Waals surface area (Å²) in [7, 11) is 0. The lowest BCUT2D eigenvalue weighted by atomic mass is 10.3. The van der Waals surface area contributed by atoms with Crippen molar-refractivity contribution in [1.82, 2.24) is 4.90 Å². The molecule has 0 unspecified atom stereocenters. The molecular weight excluding hydrogens is 428 g/mol. The van der Waals surface area contributed by atoms with Gasteiger partial charge in [-0.1, -0.05) is 34.8 Å². The number of hydrogen-bond donors (Lipinski definition) is 2. The molecule has 2 N–H and O–H groups in total. The lowest BCUT2D eigenvalue weighted by Gasteiger charge is -2.16. The highest BCUT2D eigenvalue weighted by molar-refractivity contribution is 8.00. The zero-order valence-corrected chi connectivity index (χ0v) is 15.0. The second-order valence-corrected chi connectivity index (χ2v) is 6.88. The average Bonchev–Trinajstić information content (AvgIpc) is 2.75. The summed E-state index contributed by atoms with van der Waals surface area (Å²) in [6.07, 6.45) is 0.955. The summed E-state index contributed by atoms with van der Waals surface area (Å²) in [5.74, 6) is -1.40. The van der Waals surface area contributed by atoms with E-state index in [1.165, 1.54) is 0 Å². The molecule has 0 aliphatic carbocycles. The number of carbonyl (C=O) groups is 2. The van der Waals surface area contributed by atoms with E-state index >= 15 is 0 Å². The highest BCUT2D eigenvalue weighted by Gasteiger charge is 2.34. The molecule has 25 heavy (non-hydrogen) atoms. The summed E-state index contributed by atoms with van der Waals surface area (Å²) >= 11 is 17.2. The summed E-state index contributed by atoms with van der Waals surface area (Å²) in [4.78, 5) is 24.1. The lowest BCUT2D eigenvalue weighted by molar-refractivity contribution is -0.137. The molecule has 0 radical (unpaired) electrons. The van der Waals surface area contributed by atoms with Gasteiger partial charge in [0.25, 0.3) is 11.8 Å². The molecule has 0 fully saturated rings. The van der Waals surface area contributed by atoms with Gasteiger partial charge in [0.1, 0.15) is 5.70 Å². The number of benzene rings is 1. The van der Waals surface area contributed by atoms with Gasteiger partial charge < -0.3 is 10.4 Å². The van der Waals surface area contributed by atoms with Crippen LogP contribution in [0.15, 0.2) is 22.7 Å². The zero-order valence-electron chi connectivity index (χ0n) is 12.0. The smallest absolute Gasteiger partial charge is 0.395 e. The normalized spacial score (nSPS) is 15.0. The van der Waals surface area contributed by atoms with Crippen LogP contribution in [0.2, 0.25) is 15.1 Å². The van der Waals surface area contributed by atoms with Crippen LogP contribution in [0.3, 0.4) is 0 Å². The number of anilines is 1. The Hall–Kier alpha value is -1.13. The van der Waals surface area contributed by atoms with Crippen molar-refractivity contribution in [3.05, 3.63) is 32.9 Å². The molecule has 0 atom stereocenters. The van der Waals surface area contributed by atoms with Gasteiger partial charge in [-0.2, -0.15) is 13.2 Å². The highest BCUT2D eigenvalue weighted by Crippen LogP contribution is 2.47. The van der Waals surface area contributed by atoms with Gasteiger partial charge in [-0.25, -0.2) is 0 Å².